The lowest BCUT2D eigenvalue weighted by atomic mass is 10.2. The molecule has 0 atom stereocenters. The summed E-state index contributed by atoms with van der Waals surface area (Å²) in [4.78, 5) is 9.61. The number of nitrogen functional groups attached to an aromatic ring is 1. The molecule has 24 heavy (non-hydrogen) atoms. The van der Waals surface area contributed by atoms with Gasteiger partial charge >= 0.3 is 0 Å². The van der Waals surface area contributed by atoms with Crippen molar-refractivity contribution in [3.8, 4) is 0 Å². The number of aromatic nitrogens is 2. The van der Waals surface area contributed by atoms with Crippen molar-refractivity contribution in [3.63, 3.8) is 0 Å². The van der Waals surface area contributed by atoms with Gasteiger partial charge in [0.05, 0.1) is 11.4 Å². The fraction of sp³-hybridized carbons (Fsp3) is 0.316. The lowest BCUT2D eigenvalue weighted by Gasteiger charge is -2.36. The molecule has 1 aromatic carbocycles. The van der Waals surface area contributed by atoms with E-state index in [9.17, 15) is 0 Å². The zero-order chi connectivity index (χ0) is 16.5. The summed E-state index contributed by atoms with van der Waals surface area (Å²) in [5, 5.41) is 0. The van der Waals surface area contributed by atoms with Crippen LogP contribution in [0.5, 0.6) is 0 Å². The SMILES string of the molecule is Cc1nc2ccc(N)cn2c1CN1CCN(c2ccccc2)CC1. The van der Waals surface area contributed by atoms with E-state index in [0.717, 1.165) is 49.8 Å². The van der Waals surface area contributed by atoms with Crippen LogP contribution in [0.3, 0.4) is 0 Å². The Bertz CT molecular complexity index is 832. The lowest BCUT2D eigenvalue weighted by molar-refractivity contribution is 0.246. The van der Waals surface area contributed by atoms with E-state index in [1.54, 1.807) is 0 Å². The second-order valence-electron chi connectivity index (χ2n) is 6.43. The second-order valence-corrected chi connectivity index (χ2v) is 6.43. The van der Waals surface area contributed by atoms with Gasteiger partial charge in [-0.3, -0.25) is 4.90 Å². The number of aryl methyl sites for hydroxylation is 1. The number of imidazole rings is 1. The Kier molecular flexibility index (Phi) is 3.86. The molecular weight excluding hydrogens is 298 g/mol. The molecule has 1 aliphatic heterocycles. The van der Waals surface area contributed by atoms with Crippen LogP contribution >= 0.6 is 0 Å². The van der Waals surface area contributed by atoms with Crippen molar-refractivity contribution in [2.24, 2.45) is 0 Å². The molecule has 4 rings (SSSR count). The van der Waals surface area contributed by atoms with Gasteiger partial charge < -0.3 is 15.0 Å². The Hall–Kier alpha value is -2.53. The minimum atomic E-state index is 0.773. The molecule has 2 aromatic heterocycles. The summed E-state index contributed by atoms with van der Waals surface area (Å²) in [6.45, 7) is 7.23. The van der Waals surface area contributed by atoms with Crippen LogP contribution in [0.4, 0.5) is 11.4 Å². The highest BCUT2D eigenvalue weighted by atomic mass is 15.3. The maximum atomic E-state index is 5.95. The summed E-state index contributed by atoms with van der Waals surface area (Å²) in [6.07, 6.45) is 1.98. The van der Waals surface area contributed by atoms with Gasteiger partial charge in [0, 0.05) is 50.3 Å². The average molecular weight is 321 g/mol. The zero-order valence-corrected chi connectivity index (χ0v) is 14.0. The van der Waals surface area contributed by atoms with E-state index in [2.05, 4.69) is 56.4 Å². The first kappa shape index (κ1) is 15.0. The Labute approximate surface area is 142 Å². The van der Waals surface area contributed by atoms with E-state index in [4.69, 9.17) is 5.73 Å². The highest BCUT2D eigenvalue weighted by Crippen LogP contribution is 2.19. The predicted octanol–water partition coefficient (Wildman–Crippen LogP) is 2.55. The van der Waals surface area contributed by atoms with E-state index in [0.29, 0.717) is 0 Å². The molecule has 0 aliphatic carbocycles. The fourth-order valence-electron chi connectivity index (χ4n) is 3.43. The van der Waals surface area contributed by atoms with Gasteiger partial charge in [0.1, 0.15) is 5.65 Å². The van der Waals surface area contributed by atoms with Crippen LogP contribution in [0.1, 0.15) is 11.4 Å². The Morgan fingerprint density at radius 2 is 1.75 bits per heavy atom. The highest BCUT2D eigenvalue weighted by Gasteiger charge is 2.19. The van der Waals surface area contributed by atoms with Crippen molar-refractivity contribution in [2.45, 2.75) is 13.5 Å². The first-order valence-electron chi connectivity index (χ1n) is 8.46. The number of benzene rings is 1. The molecule has 1 aliphatic rings. The van der Waals surface area contributed by atoms with Gasteiger partial charge in [-0.15, -0.1) is 0 Å². The molecular formula is C19H23N5. The molecule has 5 nitrogen and oxygen atoms in total. The number of hydrogen-bond acceptors (Lipinski definition) is 4. The van der Waals surface area contributed by atoms with E-state index in [1.807, 2.05) is 18.3 Å². The van der Waals surface area contributed by atoms with Crippen molar-refractivity contribution in [2.75, 3.05) is 36.8 Å². The summed E-state index contributed by atoms with van der Waals surface area (Å²) in [5.74, 6) is 0. The third-order valence-electron chi connectivity index (χ3n) is 4.81. The third kappa shape index (κ3) is 2.83. The smallest absolute Gasteiger partial charge is 0.137 e. The molecule has 3 heterocycles. The minimum Gasteiger partial charge on any atom is -0.398 e. The molecule has 2 N–H and O–H groups in total. The van der Waals surface area contributed by atoms with Gasteiger partial charge in [0.25, 0.3) is 0 Å². The number of anilines is 2. The standard InChI is InChI=1S/C19H23N5/c1-15-18(24-13-16(20)7-8-19(24)21-15)14-22-9-11-23(12-10-22)17-5-3-2-4-6-17/h2-8,13H,9-12,14,20H2,1H3. The summed E-state index contributed by atoms with van der Waals surface area (Å²) in [5.41, 5.74) is 11.3. The quantitative estimate of drug-likeness (QED) is 0.805. The molecule has 3 aromatic rings. The van der Waals surface area contributed by atoms with Gasteiger partial charge in [0.15, 0.2) is 0 Å². The monoisotopic (exact) mass is 321 g/mol. The normalized spacial score (nSPS) is 16.0. The number of hydrogen-bond donors (Lipinski definition) is 1. The molecule has 0 amide bonds. The number of fused-ring (bicyclic) bond motifs is 1. The number of nitrogens with two attached hydrogens (primary N) is 1. The predicted molar refractivity (Wildman–Crippen MR) is 98.3 cm³/mol. The molecule has 0 bridgehead atoms. The fourth-order valence-corrected chi connectivity index (χ4v) is 3.43. The number of para-hydroxylation sites is 1. The average Bonchev–Trinajstić information content (AvgIpc) is 2.92. The van der Waals surface area contributed by atoms with E-state index >= 15 is 0 Å². The van der Waals surface area contributed by atoms with E-state index in [-0.39, 0.29) is 0 Å². The van der Waals surface area contributed by atoms with Gasteiger partial charge in [-0.2, -0.15) is 0 Å². The van der Waals surface area contributed by atoms with Crippen molar-refractivity contribution in [1.29, 1.82) is 0 Å². The number of piperazine rings is 1. The Balaban J connectivity index is 1.48. The molecule has 0 saturated carbocycles. The van der Waals surface area contributed by atoms with Crippen molar-refractivity contribution in [1.82, 2.24) is 14.3 Å². The first-order chi connectivity index (χ1) is 11.7. The molecule has 5 heteroatoms. The minimum absolute atomic E-state index is 0.773. The van der Waals surface area contributed by atoms with Crippen molar-refractivity contribution in [3.05, 3.63) is 60.0 Å². The van der Waals surface area contributed by atoms with Crippen LogP contribution in [-0.4, -0.2) is 40.5 Å². The second kappa shape index (κ2) is 6.17. The van der Waals surface area contributed by atoms with Crippen LogP contribution in [0.15, 0.2) is 48.7 Å². The molecule has 1 fully saturated rings. The van der Waals surface area contributed by atoms with Crippen molar-refractivity contribution >= 4 is 17.0 Å². The summed E-state index contributed by atoms with van der Waals surface area (Å²) >= 11 is 0. The third-order valence-corrected chi connectivity index (χ3v) is 4.81. The Morgan fingerprint density at radius 1 is 1.00 bits per heavy atom. The molecule has 0 spiro atoms. The van der Waals surface area contributed by atoms with Gasteiger partial charge in [-0.05, 0) is 31.2 Å². The van der Waals surface area contributed by atoms with Gasteiger partial charge in [-0.25, -0.2) is 4.98 Å². The van der Waals surface area contributed by atoms with Crippen LogP contribution in [-0.2, 0) is 6.54 Å². The molecule has 124 valence electrons. The van der Waals surface area contributed by atoms with Crippen molar-refractivity contribution < 1.29 is 0 Å². The molecule has 0 radical (unpaired) electrons. The van der Waals surface area contributed by atoms with Crippen LogP contribution in [0.25, 0.3) is 5.65 Å². The maximum absolute atomic E-state index is 5.95. The lowest BCUT2D eigenvalue weighted by Crippen LogP contribution is -2.46. The highest BCUT2D eigenvalue weighted by molar-refractivity contribution is 5.50. The topological polar surface area (TPSA) is 49.8 Å². The largest absolute Gasteiger partial charge is 0.398 e. The number of nitrogens with zero attached hydrogens (tertiary/aromatic N) is 4. The molecule has 0 unspecified atom stereocenters. The van der Waals surface area contributed by atoms with Gasteiger partial charge in [0.2, 0.25) is 0 Å². The summed E-state index contributed by atoms with van der Waals surface area (Å²) in [6, 6.07) is 14.5. The summed E-state index contributed by atoms with van der Waals surface area (Å²) < 4.78 is 2.13. The maximum Gasteiger partial charge on any atom is 0.137 e. The summed E-state index contributed by atoms with van der Waals surface area (Å²) in [7, 11) is 0. The van der Waals surface area contributed by atoms with Crippen LogP contribution in [0, 0.1) is 6.92 Å². The van der Waals surface area contributed by atoms with E-state index < -0.39 is 0 Å². The zero-order valence-electron chi connectivity index (χ0n) is 14.0. The van der Waals surface area contributed by atoms with E-state index in [1.165, 1.54) is 11.4 Å². The van der Waals surface area contributed by atoms with Gasteiger partial charge in [-0.1, -0.05) is 18.2 Å². The van der Waals surface area contributed by atoms with Crippen LogP contribution in [0.2, 0.25) is 0 Å². The Morgan fingerprint density at radius 3 is 2.50 bits per heavy atom. The van der Waals surface area contributed by atoms with Crippen LogP contribution < -0.4 is 10.6 Å². The first-order valence-corrected chi connectivity index (χ1v) is 8.46. The number of pyridine rings is 1. The number of rotatable bonds is 3. The molecule has 1 saturated heterocycles.